The van der Waals surface area contributed by atoms with Crippen LogP contribution in [0.25, 0.3) is 16.9 Å². The molecule has 0 saturated carbocycles. The van der Waals surface area contributed by atoms with Gasteiger partial charge in [0.25, 0.3) is 0 Å². The summed E-state index contributed by atoms with van der Waals surface area (Å²) < 4.78 is 8.90. The highest BCUT2D eigenvalue weighted by molar-refractivity contribution is 6.41. The highest BCUT2D eigenvalue weighted by atomic mass is 35.5. The SMILES string of the molecule is CC(C)c1cnn(C(C)C)c1-n1c(=O)nc(N2C[C@@H](C)N(C(=O)OC(C)(C)C)C[C@@H]2C)c2cc(Cl)c(Cl)nc21. The number of fused-ring (bicyclic) bond motifs is 1. The van der Waals surface area contributed by atoms with Crippen molar-refractivity contribution >= 4 is 46.1 Å². The maximum absolute atomic E-state index is 13.8. The number of carbonyl (C=O) groups excluding carboxylic acids is 1. The van der Waals surface area contributed by atoms with E-state index in [1.165, 1.54) is 4.57 Å². The van der Waals surface area contributed by atoms with Crippen molar-refractivity contribution in [3.05, 3.63) is 38.5 Å². The third-order valence-corrected chi connectivity index (χ3v) is 7.44. The molecule has 0 N–H and O–H groups in total. The Labute approximate surface area is 238 Å². The Bertz CT molecular complexity index is 1430. The van der Waals surface area contributed by atoms with Crippen molar-refractivity contribution in [2.45, 2.75) is 92.0 Å². The summed E-state index contributed by atoms with van der Waals surface area (Å²) in [6.07, 6.45) is 1.41. The molecule has 0 radical (unpaired) electrons. The van der Waals surface area contributed by atoms with Crippen LogP contribution in [0.5, 0.6) is 0 Å². The lowest BCUT2D eigenvalue weighted by atomic mass is 10.1. The largest absolute Gasteiger partial charge is 0.444 e. The number of aromatic nitrogens is 5. The number of carbonyl (C=O) groups is 1. The van der Waals surface area contributed by atoms with Gasteiger partial charge in [0.15, 0.2) is 5.65 Å². The lowest BCUT2D eigenvalue weighted by Gasteiger charge is -2.44. The molecule has 39 heavy (non-hydrogen) atoms. The first kappa shape index (κ1) is 29.1. The summed E-state index contributed by atoms with van der Waals surface area (Å²) in [7, 11) is 0. The van der Waals surface area contributed by atoms with Gasteiger partial charge in [0.05, 0.1) is 16.6 Å². The molecule has 1 aliphatic heterocycles. The van der Waals surface area contributed by atoms with Gasteiger partial charge >= 0.3 is 11.8 Å². The average Bonchev–Trinajstić information content (AvgIpc) is 3.25. The highest BCUT2D eigenvalue weighted by Crippen LogP contribution is 2.34. The van der Waals surface area contributed by atoms with Crippen molar-refractivity contribution in [3.8, 4) is 5.82 Å². The fraction of sp³-hybridized carbons (Fsp3) is 0.593. The van der Waals surface area contributed by atoms with Crippen LogP contribution >= 0.6 is 23.2 Å². The van der Waals surface area contributed by atoms with E-state index in [0.717, 1.165) is 5.56 Å². The zero-order chi connectivity index (χ0) is 29.0. The number of pyridine rings is 1. The van der Waals surface area contributed by atoms with E-state index in [1.54, 1.807) is 21.8 Å². The van der Waals surface area contributed by atoms with E-state index >= 15 is 0 Å². The van der Waals surface area contributed by atoms with Crippen LogP contribution in [0.2, 0.25) is 10.2 Å². The summed E-state index contributed by atoms with van der Waals surface area (Å²) in [6.45, 7) is 18.4. The number of ether oxygens (including phenoxy) is 1. The van der Waals surface area contributed by atoms with Crippen molar-refractivity contribution in [2.24, 2.45) is 0 Å². The molecule has 212 valence electrons. The molecule has 4 rings (SSSR count). The summed E-state index contributed by atoms with van der Waals surface area (Å²) in [5.41, 5.74) is 0.140. The summed E-state index contributed by atoms with van der Waals surface area (Å²) in [4.78, 5) is 39.6. The molecule has 4 heterocycles. The van der Waals surface area contributed by atoms with Crippen molar-refractivity contribution in [1.82, 2.24) is 29.2 Å². The second-order valence-electron chi connectivity index (χ2n) is 11.8. The molecule has 1 saturated heterocycles. The second-order valence-corrected chi connectivity index (χ2v) is 12.6. The smallest absolute Gasteiger partial charge is 0.410 e. The molecule has 0 aromatic carbocycles. The molecule has 2 atom stereocenters. The fourth-order valence-corrected chi connectivity index (χ4v) is 5.16. The molecule has 0 spiro atoms. The van der Waals surface area contributed by atoms with Gasteiger partial charge in [0, 0.05) is 36.8 Å². The molecular formula is C27H37Cl2N7O3. The Kier molecular flexibility index (Phi) is 7.93. The van der Waals surface area contributed by atoms with Crippen LogP contribution in [0.4, 0.5) is 10.6 Å². The first-order chi connectivity index (χ1) is 18.1. The third-order valence-electron chi connectivity index (χ3n) is 6.76. The van der Waals surface area contributed by atoms with Gasteiger partial charge in [-0.3, -0.25) is 0 Å². The minimum Gasteiger partial charge on any atom is -0.444 e. The standard InChI is InChI=1S/C27H37Cl2N7O3/c1-14(2)19-11-30-36(15(3)4)24(19)35-23-18(10-20(28)21(29)31-23)22(32-25(35)37)33-12-17(6)34(13-16(33)5)26(38)39-27(7,8)9/h10-11,14-17H,12-13H2,1-9H3/t16-,17+/m0/s1. The Morgan fingerprint density at radius 1 is 1.08 bits per heavy atom. The number of nitrogens with zero attached hydrogens (tertiary/aromatic N) is 7. The average molecular weight is 579 g/mol. The van der Waals surface area contributed by atoms with Crippen molar-refractivity contribution in [2.75, 3.05) is 18.0 Å². The van der Waals surface area contributed by atoms with Gasteiger partial charge in [-0.1, -0.05) is 37.0 Å². The predicted molar refractivity (Wildman–Crippen MR) is 155 cm³/mol. The molecule has 10 nitrogen and oxygen atoms in total. The van der Waals surface area contributed by atoms with Gasteiger partial charge in [-0.2, -0.15) is 10.1 Å². The van der Waals surface area contributed by atoms with Gasteiger partial charge in [-0.15, -0.1) is 0 Å². The quantitative estimate of drug-likeness (QED) is 0.360. The second kappa shape index (κ2) is 10.6. The molecule has 0 aliphatic carbocycles. The Morgan fingerprint density at radius 2 is 1.74 bits per heavy atom. The van der Waals surface area contributed by atoms with E-state index in [4.69, 9.17) is 27.9 Å². The first-order valence-corrected chi connectivity index (χ1v) is 14.0. The van der Waals surface area contributed by atoms with Crippen LogP contribution in [0, 0.1) is 0 Å². The Hall–Kier alpha value is -2.85. The summed E-state index contributed by atoms with van der Waals surface area (Å²) >= 11 is 12.9. The van der Waals surface area contributed by atoms with Gasteiger partial charge in [-0.25, -0.2) is 23.8 Å². The molecule has 3 aromatic rings. The van der Waals surface area contributed by atoms with Crippen LogP contribution in [0.15, 0.2) is 17.1 Å². The summed E-state index contributed by atoms with van der Waals surface area (Å²) in [5, 5.41) is 5.50. The molecule has 1 amide bonds. The summed E-state index contributed by atoms with van der Waals surface area (Å²) in [5.74, 6) is 1.15. The number of piperazine rings is 1. The van der Waals surface area contributed by atoms with E-state index in [2.05, 4.69) is 15.1 Å². The zero-order valence-electron chi connectivity index (χ0n) is 24.0. The molecule has 3 aromatic heterocycles. The molecule has 0 bridgehead atoms. The normalized spacial score (nSPS) is 18.5. The summed E-state index contributed by atoms with van der Waals surface area (Å²) in [6, 6.07) is 1.33. The minimum atomic E-state index is -0.599. The van der Waals surface area contributed by atoms with Crippen LogP contribution < -0.4 is 10.6 Å². The number of hydrogen-bond donors (Lipinski definition) is 0. The highest BCUT2D eigenvalue weighted by Gasteiger charge is 2.36. The lowest BCUT2D eigenvalue weighted by molar-refractivity contribution is 0.0130. The fourth-order valence-electron chi connectivity index (χ4n) is 4.88. The van der Waals surface area contributed by atoms with Gasteiger partial charge in [0.1, 0.15) is 22.4 Å². The molecule has 12 heteroatoms. The Balaban J connectivity index is 1.89. The molecule has 1 aliphatic rings. The minimum absolute atomic E-state index is 0.0151. The topological polar surface area (TPSA) is 98.4 Å². The van der Waals surface area contributed by atoms with Crippen molar-refractivity contribution < 1.29 is 9.53 Å². The van der Waals surface area contributed by atoms with Crippen LogP contribution in [0.3, 0.4) is 0 Å². The number of rotatable bonds is 4. The maximum atomic E-state index is 13.8. The van der Waals surface area contributed by atoms with Gasteiger partial charge in [0.2, 0.25) is 0 Å². The molecule has 0 unspecified atom stereocenters. The van der Waals surface area contributed by atoms with Crippen molar-refractivity contribution in [3.63, 3.8) is 0 Å². The van der Waals surface area contributed by atoms with E-state index in [0.29, 0.717) is 35.8 Å². The van der Waals surface area contributed by atoms with E-state index in [1.807, 2.05) is 67.2 Å². The third kappa shape index (κ3) is 5.59. The number of halogens is 2. The van der Waals surface area contributed by atoms with Crippen LogP contribution in [-0.2, 0) is 4.74 Å². The van der Waals surface area contributed by atoms with Gasteiger partial charge < -0.3 is 14.5 Å². The van der Waals surface area contributed by atoms with Crippen molar-refractivity contribution in [1.29, 1.82) is 0 Å². The molecular weight excluding hydrogens is 541 g/mol. The van der Waals surface area contributed by atoms with E-state index in [-0.39, 0.29) is 40.3 Å². The van der Waals surface area contributed by atoms with Crippen LogP contribution in [-0.4, -0.2) is 66.1 Å². The number of anilines is 1. The zero-order valence-corrected chi connectivity index (χ0v) is 25.5. The lowest BCUT2D eigenvalue weighted by Crippen LogP contribution is -2.59. The first-order valence-electron chi connectivity index (χ1n) is 13.2. The van der Waals surface area contributed by atoms with E-state index in [9.17, 15) is 9.59 Å². The maximum Gasteiger partial charge on any atom is 0.410 e. The Morgan fingerprint density at radius 3 is 2.33 bits per heavy atom. The number of amides is 1. The van der Waals surface area contributed by atoms with Gasteiger partial charge in [-0.05, 0) is 60.5 Å². The molecule has 1 fully saturated rings. The number of hydrogen-bond acceptors (Lipinski definition) is 7. The predicted octanol–water partition coefficient (Wildman–Crippen LogP) is 5.82. The van der Waals surface area contributed by atoms with Crippen LogP contribution in [0.1, 0.15) is 79.8 Å². The monoisotopic (exact) mass is 577 g/mol. The van der Waals surface area contributed by atoms with E-state index < -0.39 is 11.3 Å².